The van der Waals surface area contributed by atoms with Crippen LogP contribution in [-0.2, 0) is 11.3 Å². The molecule has 1 saturated heterocycles. The number of para-hydroxylation sites is 1. The average Bonchev–Trinajstić information content (AvgIpc) is 2.93. The van der Waals surface area contributed by atoms with E-state index in [0.717, 1.165) is 31.4 Å². The van der Waals surface area contributed by atoms with Gasteiger partial charge < -0.3 is 19.3 Å². The van der Waals surface area contributed by atoms with Gasteiger partial charge in [0.05, 0.1) is 25.9 Å². The molecule has 1 N–H and O–H groups in total. The fourth-order valence-electron chi connectivity index (χ4n) is 2.28. The van der Waals surface area contributed by atoms with E-state index in [1.807, 2.05) is 25.1 Å². The first-order chi connectivity index (χ1) is 9.35. The third-order valence-corrected chi connectivity index (χ3v) is 3.24. The van der Waals surface area contributed by atoms with Crippen LogP contribution in [-0.4, -0.2) is 31.0 Å². The lowest BCUT2D eigenvalue weighted by Gasteiger charge is -2.16. The number of benzene rings is 1. The second kappa shape index (κ2) is 7.36. The van der Waals surface area contributed by atoms with Crippen LogP contribution in [0.3, 0.4) is 0 Å². The van der Waals surface area contributed by atoms with Crippen molar-refractivity contribution in [3.05, 3.63) is 23.8 Å². The van der Waals surface area contributed by atoms with Gasteiger partial charge in [-0.15, -0.1) is 0 Å². The molecule has 4 nitrogen and oxygen atoms in total. The first-order valence-electron chi connectivity index (χ1n) is 6.95. The van der Waals surface area contributed by atoms with Crippen LogP contribution < -0.4 is 9.47 Å². The van der Waals surface area contributed by atoms with E-state index in [1.54, 1.807) is 0 Å². The molecule has 0 bridgehead atoms. The zero-order valence-corrected chi connectivity index (χ0v) is 11.4. The van der Waals surface area contributed by atoms with Crippen molar-refractivity contribution in [3.63, 3.8) is 0 Å². The molecule has 1 atom stereocenters. The molecule has 0 saturated carbocycles. The Balaban J connectivity index is 1.96. The molecular formula is C15H22O4. The quantitative estimate of drug-likeness (QED) is 0.824. The van der Waals surface area contributed by atoms with Crippen LogP contribution in [0.25, 0.3) is 0 Å². The summed E-state index contributed by atoms with van der Waals surface area (Å²) in [6.07, 6.45) is 3.45. The number of aliphatic hydroxyl groups excluding tert-OH is 1. The number of hydrogen-bond donors (Lipinski definition) is 1. The van der Waals surface area contributed by atoms with E-state index < -0.39 is 0 Å². The lowest BCUT2D eigenvalue weighted by Crippen LogP contribution is -2.12. The van der Waals surface area contributed by atoms with E-state index >= 15 is 0 Å². The van der Waals surface area contributed by atoms with Crippen molar-refractivity contribution in [3.8, 4) is 11.5 Å². The molecule has 1 unspecified atom stereocenters. The zero-order chi connectivity index (χ0) is 13.5. The van der Waals surface area contributed by atoms with E-state index in [0.29, 0.717) is 30.8 Å². The Kier molecular flexibility index (Phi) is 5.48. The summed E-state index contributed by atoms with van der Waals surface area (Å²) < 4.78 is 16.9. The monoisotopic (exact) mass is 266 g/mol. The zero-order valence-electron chi connectivity index (χ0n) is 11.4. The van der Waals surface area contributed by atoms with Crippen LogP contribution in [0.1, 0.15) is 31.7 Å². The molecule has 19 heavy (non-hydrogen) atoms. The molecule has 0 radical (unpaired) electrons. The van der Waals surface area contributed by atoms with Gasteiger partial charge in [0, 0.05) is 18.6 Å². The molecular weight excluding hydrogens is 244 g/mol. The summed E-state index contributed by atoms with van der Waals surface area (Å²) in [4.78, 5) is 0. The van der Waals surface area contributed by atoms with E-state index in [2.05, 4.69) is 0 Å². The molecule has 1 heterocycles. The third-order valence-electron chi connectivity index (χ3n) is 3.24. The van der Waals surface area contributed by atoms with E-state index in [4.69, 9.17) is 14.2 Å². The second-order valence-electron chi connectivity index (χ2n) is 4.61. The van der Waals surface area contributed by atoms with Gasteiger partial charge in [-0.1, -0.05) is 12.1 Å². The molecule has 1 fully saturated rings. The maximum atomic E-state index is 9.36. The van der Waals surface area contributed by atoms with Gasteiger partial charge >= 0.3 is 0 Å². The number of ether oxygens (including phenoxy) is 3. The molecule has 1 aliphatic rings. The molecule has 1 aliphatic heterocycles. The van der Waals surface area contributed by atoms with Gasteiger partial charge in [-0.2, -0.15) is 0 Å². The van der Waals surface area contributed by atoms with Gasteiger partial charge in [-0.05, 0) is 25.8 Å². The highest BCUT2D eigenvalue weighted by atomic mass is 16.5. The minimum Gasteiger partial charge on any atom is -0.490 e. The Morgan fingerprint density at radius 3 is 2.95 bits per heavy atom. The fraction of sp³-hybridized carbons (Fsp3) is 0.600. The average molecular weight is 266 g/mol. The number of rotatable bonds is 7. The molecule has 1 aromatic rings. The van der Waals surface area contributed by atoms with Crippen molar-refractivity contribution >= 4 is 0 Å². The van der Waals surface area contributed by atoms with Crippen molar-refractivity contribution in [1.29, 1.82) is 0 Å². The smallest absolute Gasteiger partial charge is 0.166 e. The van der Waals surface area contributed by atoms with Gasteiger partial charge in [-0.3, -0.25) is 0 Å². The minimum atomic E-state index is -0.0455. The highest BCUT2D eigenvalue weighted by molar-refractivity contribution is 5.46. The standard InChI is InChI=1S/C15H22O4/c1-2-17-14-7-3-5-12(11-16)15(14)19-10-8-13-6-4-9-18-13/h3,5,7,13,16H,2,4,6,8-11H2,1H3. The molecule has 2 rings (SSSR count). The fourth-order valence-corrected chi connectivity index (χ4v) is 2.28. The summed E-state index contributed by atoms with van der Waals surface area (Å²) >= 11 is 0. The van der Waals surface area contributed by atoms with Crippen molar-refractivity contribution < 1.29 is 19.3 Å². The van der Waals surface area contributed by atoms with Crippen LogP contribution in [0.2, 0.25) is 0 Å². The van der Waals surface area contributed by atoms with Crippen LogP contribution >= 0.6 is 0 Å². The summed E-state index contributed by atoms with van der Waals surface area (Å²) in [5.41, 5.74) is 0.762. The minimum absolute atomic E-state index is 0.0455. The Morgan fingerprint density at radius 1 is 1.37 bits per heavy atom. The Hall–Kier alpha value is -1.26. The van der Waals surface area contributed by atoms with Gasteiger partial charge in [0.25, 0.3) is 0 Å². The number of aliphatic hydroxyl groups is 1. The largest absolute Gasteiger partial charge is 0.490 e. The van der Waals surface area contributed by atoms with Crippen LogP contribution in [0.4, 0.5) is 0 Å². The third kappa shape index (κ3) is 3.85. The molecule has 0 amide bonds. The lowest BCUT2D eigenvalue weighted by molar-refractivity contribution is 0.0893. The molecule has 4 heteroatoms. The van der Waals surface area contributed by atoms with Crippen LogP contribution in [0.15, 0.2) is 18.2 Å². The predicted octanol–water partition coefficient (Wildman–Crippen LogP) is 2.53. The highest BCUT2D eigenvalue weighted by Gasteiger charge is 2.16. The van der Waals surface area contributed by atoms with Gasteiger partial charge in [0.2, 0.25) is 0 Å². The highest BCUT2D eigenvalue weighted by Crippen LogP contribution is 2.31. The number of hydrogen-bond acceptors (Lipinski definition) is 4. The first kappa shape index (κ1) is 14.2. The summed E-state index contributed by atoms with van der Waals surface area (Å²) in [7, 11) is 0. The van der Waals surface area contributed by atoms with Crippen molar-refractivity contribution in [2.24, 2.45) is 0 Å². The van der Waals surface area contributed by atoms with E-state index in [-0.39, 0.29) is 6.61 Å². The van der Waals surface area contributed by atoms with Crippen molar-refractivity contribution in [1.82, 2.24) is 0 Å². The normalized spacial score (nSPS) is 18.5. The maximum absolute atomic E-state index is 9.36. The second-order valence-corrected chi connectivity index (χ2v) is 4.61. The summed E-state index contributed by atoms with van der Waals surface area (Å²) in [5, 5.41) is 9.36. The molecule has 1 aromatic carbocycles. The first-order valence-corrected chi connectivity index (χ1v) is 6.95. The maximum Gasteiger partial charge on any atom is 0.166 e. The van der Waals surface area contributed by atoms with Crippen LogP contribution in [0, 0.1) is 0 Å². The molecule has 0 aliphatic carbocycles. The van der Waals surface area contributed by atoms with Crippen molar-refractivity contribution in [2.75, 3.05) is 19.8 Å². The SMILES string of the molecule is CCOc1cccc(CO)c1OCCC1CCCO1. The van der Waals surface area contributed by atoms with Gasteiger partial charge in [0.1, 0.15) is 0 Å². The Morgan fingerprint density at radius 2 is 2.26 bits per heavy atom. The summed E-state index contributed by atoms with van der Waals surface area (Å²) in [6.45, 7) is 3.92. The lowest BCUT2D eigenvalue weighted by atomic mass is 10.2. The topological polar surface area (TPSA) is 47.9 Å². The molecule has 0 spiro atoms. The Bertz CT molecular complexity index is 386. The van der Waals surface area contributed by atoms with Crippen LogP contribution in [0.5, 0.6) is 11.5 Å². The van der Waals surface area contributed by atoms with Gasteiger partial charge in [-0.25, -0.2) is 0 Å². The summed E-state index contributed by atoms with van der Waals surface area (Å²) in [6, 6.07) is 5.58. The van der Waals surface area contributed by atoms with E-state index in [1.165, 1.54) is 0 Å². The van der Waals surface area contributed by atoms with E-state index in [9.17, 15) is 5.11 Å². The van der Waals surface area contributed by atoms with Crippen molar-refractivity contribution in [2.45, 2.75) is 38.9 Å². The molecule has 106 valence electrons. The molecule has 0 aromatic heterocycles. The Labute approximate surface area is 114 Å². The predicted molar refractivity (Wildman–Crippen MR) is 72.6 cm³/mol. The summed E-state index contributed by atoms with van der Waals surface area (Å²) in [5.74, 6) is 1.35. The van der Waals surface area contributed by atoms with Gasteiger partial charge in [0.15, 0.2) is 11.5 Å².